The van der Waals surface area contributed by atoms with Crippen LogP contribution >= 0.6 is 0 Å². The molecule has 7 heteroatoms. The molecule has 1 saturated heterocycles. The zero-order valence-electron chi connectivity index (χ0n) is 14.6. The molecular weight excluding hydrogens is 314 g/mol. The Balaban J connectivity index is 1.28. The van der Waals surface area contributed by atoms with Gasteiger partial charge in [-0.1, -0.05) is 0 Å². The summed E-state index contributed by atoms with van der Waals surface area (Å²) in [6.45, 7) is 2.07. The van der Waals surface area contributed by atoms with Crippen molar-refractivity contribution in [3.63, 3.8) is 0 Å². The lowest BCUT2D eigenvalue weighted by atomic mass is 9.97. The van der Waals surface area contributed by atoms with E-state index in [9.17, 15) is 0 Å². The van der Waals surface area contributed by atoms with Gasteiger partial charge in [-0.2, -0.15) is 10.1 Å². The summed E-state index contributed by atoms with van der Waals surface area (Å²) in [6.07, 6.45) is 8.18. The van der Waals surface area contributed by atoms with Crippen LogP contribution in [-0.4, -0.2) is 45.8 Å². The van der Waals surface area contributed by atoms with Crippen LogP contribution in [-0.2, 0) is 0 Å². The maximum atomic E-state index is 4.71. The maximum Gasteiger partial charge on any atom is 0.227 e. The molecule has 1 aliphatic heterocycles. The number of rotatable bonds is 6. The fourth-order valence-corrected chi connectivity index (χ4v) is 4.10. The van der Waals surface area contributed by atoms with Gasteiger partial charge in [0, 0.05) is 42.5 Å². The van der Waals surface area contributed by atoms with E-state index in [1.807, 2.05) is 12.3 Å². The average Bonchev–Trinajstić information content (AvgIpc) is 3.55. The number of nitrogens with one attached hydrogen (secondary N) is 3. The summed E-state index contributed by atoms with van der Waals surface area (Å²) in [4.78, 5) is 11.5. The second-order valence-electron chi connectivity index (χ2n) is 7.69. The van der Waals surface area contributed by atoms with E-state index >= 15 is 0 Å². The highest BCUT2D eigenvalue weighted by atomic mass is 15.3. The molecule has 3 N–H and O–H groups in total. The molecule has 2 saturated carbocycles. The maximum absolute atomic E-state index is 4.71. The van der Waals surface area contributed by atoms with Crippen LogP contribution in [0.3, 0.4) is 0 Å². The Morgan fingerprint density at radius 1 is 1.24 bits per heavy atom. The molecule has 3 fully saturated rings. The third-order valence-electron chi connectivity index (χ3n) is 6.05. The standard InChI is InChI=1S/C18H25N7/c1-19-18(6-7-18)13-5-9-25(11-13)17-20-8-4-15(22-17)21-16-10-14(23-24-16)12-2-3-12/h4,8,10,12-13,19H,2-3,5-7,9,11H2,1H3,(H2,20,21,22,23,24)/t13-/m0/s1. The normalized spacial score (nSPS) is 24.5. The molecule has 25 heavy (non-hydrogen) atoms. The average molecular weight is 339 g/mol. The smallest absolute Gasteiger partial charge is 0.227 e. The lowest BCUT2D eigenvalue weighted by Crippen LogP contribution is -2.37. The first-order valence-electron chi connectivity index (χ1n) is 9.35. The number of anilines is 3. The minimum absolute atomic E-state index is 0.374. The topological polar surface area (TPSA) is 81.8 Å². The van der Waals surface area contributed by atoms with Gasteiger partial charge in [-0.15, -0.1) is 0 Å². The van der Waals surface area contributed by atoms with E-state index in [1.54, 1.807) is 0 Å². The summed E-state index contributed by atoms with van der Waals surface area (Å²) in [5.41, 5.74) is 1.60. The van der Waals surface area contributed by atoms with Gasteiger partial charge in [0.15, 0.2) is 5.82 Å². The van der Waals surface area contributed by atoms with Gasteiger partial charge in [0.05, 0.1) is 0 Å². The van der Waals surface area contributed by atoms with Crippen LogP contribution in [0.2, 0.25) is 0 Å². The van der Waals surface area contributed by atoms with Crippen molar-refractivity contribution in [1.29, 1.82) is 0 Å². The van der Waals surface area contributed by atoms with Gasteiger partial charge in [0.25, 0.3) is 0 Å². The third-order valence-corrected chi connectivity index (χ3v) is 6.05. The first-order valence-corrected chi connectivity index (χ1v) is 9.35. The summed E-state index contributed by atoms with van der Waals surface area (Å²) in [7, 11) is 2.09. The van der Waals surface area contributed by atoms with E-state index in [4.69, 9.17) is 4.98 Å². The van der Waals surface area contributed by atoms with Gasteiger partial charge in [-0.05, 0) is 51.1 Å². The largest absolute Gasteiger partial charge is 0.340 e. The monoisotopic (exact) mass is 339 g/mol. The molecule has 2 aromatic rings. The van der Waals surface area contributed by atoms with Crippen molar-refractivity contribution in [2.45, 2.75) is 43.6 Å². The number of aromatic nitrogens is 4. The van der Waals surface area contributed by atoms with Gasteiger partial charge in [0.2, 0.25) is 5.95 Å². The number of hydrogen-bond acceptors (Lipinski definition) is 6. The molecule has 7 nitrogen and oxygen atoms in total. The third kappa shape index (κ3) is 2.86. The van der Waals surface area contributed by atoms with Crippen molar-refractivity contribution in [1.82, 2.24) is 25.5 Å². The molecule has 0 unspecified atom stereocenters. The van der Waals surface area contributed by atoms with Crippen LogP contribution in [0.15, 0.2) is 18.3 Å². The second-order valence-corrected chi connectivity index (χ2v) is 7.69. The van der Waals surface area contributed by atoms with Crippen LogP contribution in [0.1, 0.15) is 43.7 Å². The van der Waals surface area contributed by atoms with E-state index < -0.39 is 0 Å². The Labute approximate surface area is 147 Å². The summed E-state index contributed by atoms with van der Waals surface area (Å²) in [6, 6.07) is 3.99. The summed E-state index contributed by atoms with van der Waals surface area (Å²) >= 11 is 0. The van der Waals surface area contributed by atoms with Crippen molar-refractivity contribution in [3.05, 3.63) is 24.0 Å². The minimum atomic E-state index is 0.374. The van der Waals surface area contributed by atoms with E-state index in [-0.39, 0.29) is 0 Å². The Morgan fingerprint density at radius 2 is 2.12 bits per heavy atom. The van der Waals surface area contributed by atoms with E-state index in [1.165, 1.54) is 37.8 Å². The quantitative estimate of drug-likeness (QED) is 0.750. The van der Waals surface area contributed by atoms with Gasteiger partial charge >= 0.3 is 0 Å². The molecule has 132 valence electrons. The number of hydrogen-bond donors (Lipinski definition) is 3. The van der Waals surface area contributed by atoms with Crippen molar-refractivity contribution in [3.8, 4) is 0 Å². The lowest BCUT2D eigenvalue weighted by Gasteiger charge is -2.23. The van der Waals surface area contributed by atoms with E-state index in [0.29, 0.717) is 17.4 Å². The van der Waals surface area contributed by atoms with Crippen molar-refractivity contribution in [2.75, 3.05) is 30.4 Å². The Bertz CT molecular complexity index is 762. The van der Waals surface area contributed by atoms with Gasteiger partial charge in [0.1, 0.15) is 5.82 Å². The fourth-order valence-electron chi connectivity index (χ4n) is 4.10. The zero-order chi connectivity index (χ0) is 16.9. The van der Waals surface area contributed by atoms with Crippen LogP contribution in [0, 0.1) is 5.92 Å². The van der Waals surface area contributed by atoms with Gasteiger partial charge in [-0.3, -0.25) is 5.10 Å². The second kappa shape index (κ2) is 5.69. The van der Waals surface area contributed by atoms with Crippen molar-refractivity contribution >= 4 is 17.6 Å². The highest BCUT2D eigenvalue weighted by Gasteiger charge is 2.50. The molecule has 0 radical (unpaired) electrons. The number of aromatic amines is 1. The highest BCUT2D eigenvalue weighted by molar-refractivity contribution is 5.54. The minimum Gasteiger partial charge on any atom is -0.340 e. The summed E-state index contributed by atoms with van der Waals surface area (Å²) in [5.74, 6) is 3.82. The molecule has 3 aliphatic rings. The van der Waals surface area contributed by atoms with Crippen molar-refractivity contribution < 1.29 is 0 Å². The molecule has 0 bridgehead atoms. The zero-order valence-corrected chi connectivity index (χ0v) is 14.6. The van der Waals surface area contributed by atoms with Crippen LogP contribution in [0.5, 0.6) is 0 Å². The predicted octanol–water partition coefficient (Wildman–Crippen LogP) is 2.40. The highest BCUT2D eigenvalue weighted by Crippen LogP contribution is 2.46. The Kier molecular flexibility index (Phi) is 3.45. The number of H-pyrrole nitrogens is 1. The molecule has 0 amide bonds. The first kappa shape index (κ1) is 15.1. The lowest BCUT2D eigenvalue weighted by molar-refractivity contribution is 0.381. The van der Waals surface area contributed by atoms with Gasteiger partial charge in [-0.25, -0.2) is 4.98 Å². The van der Waals surface area contributed by atoms with E-state index in [2.05, 4.69) is 43.8 Å². The molecule has 3 heterocycles. The molecule has 5 rings (SSSR count). The predicted molar refractivity (Wildman–Crippen MR) is 97.2 cm³/mol. The molecule has 1 atom stereocenters. The SMILES string of the molecule is CNC1([C@H]2CCN(c3nccc(Nc4cc(C5CC5)[nH]n4)n3)C2)CC1. The van der Waals surface area contributed by atoms with Gasteiger partial charge < -0.3 is 15.5 Å². The van der Waals surface area contributed by atoms with Crippen molar-refractivity contribution in [2.24, 2.45) is 5.92 Å². The van der Waals surface area contributed by atoms with E-state index in [0.717, 1.165) is 30.7 Å². The first-order chi connectivity index (χ1) is 12.3. The van der Waals surface area contributed by atoms with Crippen LogP contribution in [0.4, 0.5) is 17.6 Å². The molecule has 2 aliphatic carbocycles. The van der Waals surface area contributed by atoms with Crippen LogP contribution in [0.25, 0.3) is 0 Å². The molecular formula is C18H25N7. The summed E-state index contributed by atoms with van der Waals surface area (Å²) in [5, 5.41) is 14.3. The molecule has 0 spiro atoms. The Morgan fingerprint density at radius 3 is 2.88 bits per heavy atom. The Hall–Kier alpha value is -2.15. The summed E-state index contributed by atoms with van der Waals surface area (Å²) < 4.78 is 0. The molecule has 0 aromatic carbocycles. The van der Waals surface area contributed by atoms with Crippen LogP contribution < -0.4 is 15.5 Å². The molecule has 2 aromatic heterocycles. The fraction of sp³-hybridized carbons (Fsp3) is 0.611. The number of nitrogens with zero attached hydrogens (tertiary/aromatic N) is 4.